The summed E-state index contributed by atoms with van der Waals surface area (Å²) in [6, 6.07) is 24.1. The van der Waals surface area contributed by atoms with E-state index in [9.17, 15) is 5.11 Å². The standard InChI is InChI=1S/C16H16O2S.C7H6OS.2C4H10/c1-2-12-3-5-13(6-4-12)11-18-16(19)14-7-9-15(17)10-8-14;8-7(9)6-4-2-1-3-5-6;2*1-4(2)3/h3-10,17H,2,11H2,1H3;1-5H,(H,8,9);2*4H,1-3H3. The maximum absolute atomic E-state index is 9.21. The second kappa shape index (κ2) is 19.4. The van der Waals surface area contributed by atoms with Gasteiger partial charge in [-0.15, -0.1) is 0 Å². The maximum atomic E-state index is 9.21. The number of aliphatic hydroxyl groups is 1. The Hall–Kier alpha value is -2.76. The third kappa shape index (κ3) is 17.6. The number of rotatable bonds is 5. The zero-order valence-corrected chi connectivity index (χ0v) is 24.3. The molecule has 0 bridgehead atoms. The second-order valence-corrected chi connectivity index (χ2v) is 10.2. The van der Waals surface area contributed by atoms with Gasteiger partial charge in [-0.1, -0.05) is 103 Å². The van der Waals surface area contributed by atoms with Crippen molar-refractivity contribution in [1.82, 2.24) is 0 Å². The molecule has 196 valence electrons. The third-order valence-corrected chi connectivity index (χ3v) is 4.51. The summed E-state index contributed by atoms with van der Waals surface area (Å²) in [6.45, 7) is 15.6. The largest absolute Gasteiger partial charge is 0.508 e. The minimum absolute atomic E-state index is 0.0457. The van der Waals surface area contributed by atoms with Gasteiger partial charge in [-0.2, -0.15) is 0 Å². The van der Waals surface area contributed by atoms with Crippen molar-refractivity contribution in [3.63, 3.8) is 0 Å². The highest BCUT2D eigenvalue weighted by Gasteiger charge is 2.03. The van der Waals surface area contributed by atoms with Gasteiger partial charge in [-0.3, -0.25) is 0 Å². The van der Waals surface area contributed by atoms with E-state index >= 15 is 0 Å². The van der Waals surface area contributed by atoms with Crippen LogP contribution >= 0.6 is 24.4 Å². The molecule has 3 nitrogen and oxygen atoms in total. The fourth-order valence-electron chi connectivity index (χ4n) is 2.28. The molecule has 3 aromatic rings. The number of hydrogen-bond donors (Lipinski definition) is 2. The van der Waals surface area contributed by atoms with Gasteiger partial charge in [-0.05, 0) is 78.1 Å². The summed E-state index contributed by atoms with van der Waals surface area (Å²) < 4.78 is 5.58. The van der Waals surface area contributed by atoms with Crippen molar-refractivity contribution >= 4 is 34.5 Å². The van der Waals surface area contributed by atoms with Crippen LogP contribution in [0.25, 0.3) is 0 Å². The summed E-state index contributed by atoms with van der Waals surface area (Å²) in [5, 5.41) is 18.4. The SMILES string of the molecule is CC(C)C.CC(C)C.CCc1ccc(COC(=S)c2ccc(O)cc2)cc1.OC(=S)c1ccccc1. The molecule has 0 atom stereocenters. The van der Waals surface area contributed by atoms with Gasteiger partial charge in [0.15, 0.2) is 10.1 Å². The van der Waals surface area contributed by atoms with E-state index in [1.165, 1.54) is 5.56 Å². The molecule has 0 heterocycles. The van der Waals surface area contributed by atoms with Crippen LogP contribution in [0, 0.1) is 11.8 Å². The number of aromatic hydroxyl groups is 1. The first kappa shape index (κ1) is 33.2. The molecule has 0 saturated carbocycles. The lowest BCUT2D eigenvalue weighted by Crippen LogP contribution is -2.03. The van der Waals surface area contributed by atoms with Gasteiger partial charge >= 0.3 is 0 Å². The van der Waals surface area contributed by atoms with E-state index in [-0.39, 0.29) is 10.8 Å². The molecular weight excluding hydrogens is 484 g/mol. The summed E-state index contributed by atoms with van der Waals surface area (Å²) >= 11 is 9.73. The number of benzene rings is 3. The van der Waals surface area contributed by atoms with E-state index in [1.807, 2.05) is 18.2 Å². The van der Waals surface area contributed by atoms with E-state index < -0.39 is 0 Å². The number of aryl methyl sites for hydroxylation is 1. The number of phenolic OH excluding ortho intramolecular Hbond substituents is 1. The zero-order chi connectivity index (χ0) is 27.5. The Balaban J connectivity index is 0.000000594. The number of hydrogen-bond acceptors (Lipinski definition) is 4. The van der Waals surface area contributed by atoms with Crippen molar-refractivity contribution < 1.29 is 14.9 Å². The van der Waals surface area contributed by atoms with Crippen LogP contribution in [0.2, 0.25) is 0 Å². The lowest BCUT2D eigenvalue weighted by atomic mass is 10.1. The van der Waals surface area contributed by atoms with Crippen LogP contribution in [0.4, 0.5) is 0 Å². The summed E-state index contributed by atoms with van der Waals surface area (Å²) in [6.07, 6.45) is 1.03. The average Bonchev–Trinajstić information content (AvgIpc) is 2.83. The number of ether oxygens (including phenoxy) is 1. The van der Waals surface area contributed by atoms with Crippen LogP contribution in [0.15, 0.2) is 78.9 Å². The predicted molar refractivity (Wildman–Crippen MR) is 162 cm³/mol. The van der Waals surface area contributed by atoms with Crippen molar-refractivity contribution in [3.05, 3.63) is 101 Å². The Morgan fingerprint density at radius 2 is 1.14 bits per heavy atom. The van der Waals surface area contributed by atoms with Crippen molar-refractivity contribution in [2.45, 2.75) is 61.5 Å². The molecule has 0 fully saturated rings. The third-order valence-electron chi connectivity index (χ3n) is 3.92. The Kier molecular flexibility index (Phi) is 17.9. The Morgan fingerprint density at radius 1 is 0.694 bits per heavy atom. The van der Waals surface area contributed by atoms with E-state index in [4.69, 9.17) is 22.1 Å². The number of phenols is 1. The summed E-state index contributed by atoms with van der Waals surface area (Å²) in [7, 11) is 0. The van der Waals surface area contributed by atoms with Crippen molar-refractivity contribution in [3.8, 4) is 5.75 Å². The van der Waals surface area contributed by atoms with Crippen LogP contribution in [0.1, 0.15) is 70.7 Å². The quantitative estimate of drug-likeness (QED) is 0.325. The summed E-state index contributed by atoms with van der Waals surface area (Å²) in [4.78, 5) is 0. The first-order chi connectivity index (χ1) is 17.0. The molecule has 0 radical (unpaired) electrons. The van der Waals surface area contributed by atoms with E-state index in [1.54, 1.807) is 36.4 Å². The Labute approximate surface area is 229 Å². The van der Waals surface area contributed by atoms with Gasteiger partial charge in [0.25, 0.3) is 0 Å². The molecule has 0 spiro atoms. The fraction of sp³-hybridized carbons (Fsp3) is 0.355. The number of aliphatic hydroxyl groups excluding tert-OH is 1. The van der Waals surface area contributed by atoms with E-state index in [2.05, 4.69) is 84.9 Å². The topological polar surface area (TPSA) is 49.7 Å². The van der Waals surface area contributed by atoms with Crippen LogP contribution in [0.3, 0.4) is 0 Å². The highest BCUT2D eigenvalue weighted by atomic mass is 32.1. The lowest BCUT2D eigenvalue weighted by Gasteiger charge is -2.08. The molecule has 0 aliphatic carbocycles. The highest BCUT2D eigenvalue weighted by Crippen LogP contribution is 2.13. The molecular formula is C31H42O3S2. The molecule has 0 amide bonds. The van der Waals surface area contributed by atoms with Crippen molar-refractivity contribution in [2.24, 2.45) is 11.8 Å². The molecule has 0 aliphatic rings. The molecule has 5 heteroatoms. The summed E-state index contributed by atoms with van der Waals surface area (Å²) in [5.74, 6) is 1.89. The minimum Gasteiger partial charge on any atom is -0.508 e. The van der Waals surface area contributed by atoms with Gasteiger partial charge in [0.2, 0.25) is 0 Å². The van der Waals surface area contributed by atoms with Gasteiger partial charge < -0.3 is 14.9 Å². The van der Waals surface area contributed by atoms with Crippen LogP contribution < -0.4 is 0 Å². The molecule has 3 rings (SSSR count). The summed E-state index contributed by atoms with van der Waals surface area (Å²) in [5.41, 5.74) is 3.91. The van der Waals surface area contributed by atoms with E-state index in [0.717, 1.165) is 29.4 Å². The van der Waals surface area contributed by atoms with Crippen LogP contribution in [0.5, 0.6) is 5.75 Å². The Morgan fingerprint density at radius 3 is 1.53 bits per heavy atom. The molecule has 36 heavy (non-hydrogen) atoms. The smallest absolute Gasteiger partial charge is 0.191 e. The first-order valence-electron chi connectivity index (χ1n) is 12.3. The normalized spacial score (nSPS) is 9.58. The lowest BCUT2D eigenvalue weighted by molar-refractivity contribution is 0.302. The molecule has 0 aliphatic heterocycles. The second-order valence-electron chi connectivity index (χ2n) is 9.43. The van der Waals surface area contributed by atoms with Crippen LogP contribution in [-0.2, 0) is 17.8 Å². The fourth-order valence-corrected chi connectivity index (χ4v) is 2.61. The average molecular weight is 527 g/mol. The minimum atomic E-state index is -0.0457. The molecule has 0 aromatic heterocycles. The van der Waals surface area contributed by atoms with Crippen molar-refractivity contribution in [1.29, 1.82) is 0 Å². The zero-order valence-electron chi connectivity index (χ0n) is 22.7. The van der Waals surface area contributed by atoms with Gasteiger partial charge in [0.1, 0.15) is 12.4 Å². The van der Waals surface area contributed by atoms with E-state index in [0.29, 0.717) is 17.2 Å². The molecule has 0 saturated heterocycles. The number of thiocarbonyl (C=S) groups is 2. The molecule has 2 N–H and O–H groups in total. The Bertz CT molecular complexity index is 969. The monoisotopic (exact) mass is 526 g/mol. The highest BCUT2D eigenvalue weighted by molar-refractivity contribution is 7.80. The van der Waals surface area contributed by atoms with Gasteiger partial charge in [-0.25, -0.2) is 0 Å². The van der Waals surface area contributed by atoms with Crippen LogP contribution in [-0.4, -0.2) is 20.3 Å². The first-order valence-corrected chi connectivity index (χ1v) is 13.1. The van der Waals surface area contributed by atoms with Gasteiger partial charge in [0, 0.05) is 11.1 Å². The molecule has 3 aromatic carbocycles. The molecule has 0 unspecified atom stereocenters. The predicted octanol–water partition coefficient (Wildman–Crippen LogP) is 9.09. The van der Waals surface area contributed by atoms with Crippen molar-refractivity contribution in [2.75, 3.05) is 0 Å². The maximum Gasteiger partial charge on any atom is 0.191 e. The van der Waals surface area contributed by atoms with Gasteiger partial charge in [0.05, 0.1) is 0 Å².